The maximum atomic E-state index is 5.75. The maximum absolute atomic E-state index is 5.75. The first-order valence-electron chi connectivity index (χ1n) is 6.96. The molecule has 0 radical (unpaired) electrons. The summed E-state index contributed by atoms with van der Waals surface area (Å²) in [6, 6.07) is 18.3. The van der Waals surface area contributed by atoms with E-state index in [2.05, 4.69) is 31.4 Å². The summed E-state index contributed by atoms with van der Waals surface area (Å²) in [5, 5.41) is 0. The van der Waals surface area contributed by atoms with Crippen molar-refractivity contribution in [3.05, 3.63) is 85.5 Å². The predicted octanol–water partition coefficient (Wildman–Crippen LogP) is 4.76. The van der Waals surface area contributed by atoms with Gasteiger partial charge >= 0.3 is 0 Å². The lowest BCUT2D eigenvalue weighted by atomic mass is 9.99. The lowest BCUT2D eigenvalue weighted by Crippen LogP contribution is -2.10. The molecule has 2 heteroatoms. The van der Waals surface area contributed by atoms with Gasteiger partial charge in [-0.25, -0.2) is 0 Å². The van der Waals surface area contributed by atoms with E-state index in [0.717, 1.165) is 16.7 Å². The summed E-state index contributed by atoms with van der Waals surface area (Å²) >= 11 is 0. The van der Waals surface area contributed by atoms with Crippen LogP contribution in [-0.4, -0.2) is 13.2 Å². The summed E-state index contributed by atoms with van der Waals surface area (Å²) in [5.41, 5.74) is 3.26. The Morgan fingerprint density at radius 3 is 2.00 bits per heavy atom. The molecule has 0 atom stereocenters. The lowest BCUT2D eigenvalue weighted by molar-refractivity contribution is -0.130. The van der Waals surface area contributed by atoms with E-state index in [9.17, 15) is 0 Å². The van der Waals surface area contributed by atoms with Crippen molar-refractivity contribution in [1.29, 1.82) is 0 Å². The van der Waals surface area contributed by atoms with Crippen molar-refractivity contribution >= 4 is 0 Å². The van der Waals surface area contributed by atoms with Crippen molar-refractivity contribution in [3.63, 3.8) is 0 Å². The van der Waals surface area contributed by atoms with Crippen LogP contribution < -0.4 is 0 Å². The molecule has 21 heavy (non-hydrogen) atoms. The van der Waals surface area contributed by atoms with Gasteiger partial charge in [0, 0.05) is 5.56 Å². The molecular formula is C19H20O2. The Morgan fingerprint density at radius 1 is 0.810 bits per heavy atom. The highest BCUT2D eigenvalue weighted by molar-refractivity contribution is 5.67. The van der Waals surface area contributed by atoms with Crippen LogP contribution in [0, 0.1) is 0 Å². The van der Waals surface area contributed by atoms with Gasteiger partial charge < -0.3 is 9.47 Å². The van der Waals surface area contributed by atoms with Crippen LogP contribution >= 0.6 is 0 Å². The molecule has 0 amide bonds. The van der Waals surface area contributed by atoms with Crippen LogP contribution in [0.3, 0.4) is 0 Å². The molecule has 0 saturated heterocycles. The summed E-state index contributed by atoms with van der Waals surface area (Å²) in [7, 11) is 0. The summed E-state index contributed by atoms with van der Waals surface area (Å²) in [6.07, 6.45) is 3.00. The third-order valence-corrected chi connectivity index (χ3v) is 3.03. The normalized spacial score (nSPS) is 10.5. The van der Waals surface area contributed by atoms with Crippen LogP contribution in [-0.2, 0) is 9.47 Å². The van der Waals surface area contributed by atoms with Crippen molar-refractivity contribution in [3.8, 4) is 11.1 Å². The number of hydrogen-bond donors (Lipinski definition) is 0. The summed E-state index contributed by atoms with van der Waals surface area (Å²) in [6.45, 7) is 8.24. The molecule has 0 aliphatic heterocycles. The van der Waals surface area contributed by atoms with Gasteiger partial charge in [0.25, 0.3) is 0 Å². The number of hydrogen-bond acceptors (Lipinski definition) is 2. The van der Waals surface area contributed by atoms with Gasteiger partial charge in [0.1, 0.15) is 0 Å². The zero-order valence-corrected chi connectivity index (χ0v) is 12.1. The van der Waals surface area contributed by atoms with Gasteiger partial charge in [0.15, 0.2) is 6.29 Å². The summed E-state index contributed by atoms with van der Waals surface area (Å²) in [5.74, 6) is 0. The largest absolute Gasteiger partial charge is 0.344 e. The zero-order chi connectivity index (χ0) is 14.9. The first-order valence-corrected chi connectivity index (χ1v) is 6.96. The highest BCUT2D eigenvalue weighted by Crippen LogP contribution is 2.30. The molecule has 2 rings (SSSR count). The van der Waals surface area contributed by atoms with Crippen molar-refractivity contribution in [2.75, 3.05) is 13.2 Å². The second kappa shape index (κ2) is 8.20. The van der Waals surface area contributed by atoms with E-state index in [4.69, 9.17) is 9.47 Å². The van der Waals surface area contributed by atoms with Crippen LogP contribution in [0.15, 0.2) is 79.9 Å². The van der Waals surface area contributed by atoms with Gasteiger partial charge in [-0.1, -0.05) is 66.7 Å². The van der Waals surface area contributed by atoms with Gasteiger partial charge in [0.2, 0.25) is 0 Å². The average molecular weight is 280 g/mol. The number of benzene rings is 2. The minimum atomic E-state index is -0.433. The fraction of sp³-hybridized carbons (Fsp3) is 0.158. The third kappa shape index (κ3) is 4.15. The molecule has 0 heterocycles. The topological polar surface area (TPSA) is 18.5 Å². The fourth-order valence-electron chi connectivity index (χ4n) is 2.12. The minimum absolute atomic E-state index is 0.433. The lowest BCUT2D eigenvalue weighted by Gasteiger charge is -2.20. The first-order chi connectivity index (χ1) is 10.4. The fourth-order valence-corrected chi connectivity index (χ4v) is 2.12. The van der Waals surface area contributed by atoms with E-state index in [-0.39, 0.29) is 0 Å². The Hall–Kier alpha value is -2.16. The van der Waals surface area contributed by atoms with Crippen LogP contribution in [0.25, 0.3) is 11.1 Å². The monoisotopic (exact) mass is 280 g/mol. The third-order valence-electron chi connectivity index (χ3n) is 3.03. The van der Waals surface area contributed by atoms with Crippen molar-refractivity contribution < 1.29 is 9.47 Å². The predicted molar refractivity (Wildman–Crippen MR) is 86.9 cm³/mol. The highest BCUT2D eigenvalue weighted by Gasteiger charge is 2.16. The van der Waals surface area contributed by atoms with Gasteiger partial charge in [-0.2, -0.15) is 0 Å². The van der Waals surface area contributed by atoms with Gasteiger partial charge in [0.05, 0.1) is 13.2 Å². The molecule has 0 aliphatic carbocycles. The Morgan fingerprint density at radius 2 is 1.38 bits per heavy atom. The van der Waals surface area contributed by atoms with E-state index in [1.165, 1.54) is 0 Å². The molecule has 2 aromatic carbocycles. The first kappa shape index (κ1) is 15.2. The zero-order valence-electron chi connectivity index (χ0n) is 12.1. The van der Waals surface area contributed by atoms with E-state index >= 15 is 0 Å². The molecule has 0 N–H and O–H groups in total. The van der Waals surface area contributed by atoms with E-state index in [0.29, 0.717) is 13.2 Å². The molecule has 0 fully saturated rings. The van der Waals surface area contributed by atoms with Crippen LogP contribution in [0.5, 0.6) is 0 Å². The number of rotatable bonds is 8. The van der Waals surface area contributed by atoms with E-state index in [1.54, 1.807) is 12.2 Å². The summed E-state index contributed by atoms with van der Waals surface area (Å²) in [4.78, 5) is 0. The average Bonchev–Trinajstić information content (AvgIpc) is 2.56. The molecule has 0 saturated carbocycles. The highest BCUT2D eigenvalue weighted by atomic mass is 16.7. The molecule has 0 spiro atoms. The van der Waals surface area contributed by atoms with Crippen molar-refractivity contribution in [1.82, 2.24) is 0 Å². The van der Waals surface area contributed by atoms with E-state index < -0.39 is 6.29 Å². The second-order valence-electron chi connectivity index (χ2n) is 4.53. The van der Waals surface area contributed by atoms with Gasteiger partial charge in [-0.05, 0) is 11.1 Å². The second-order valence-corrected chi connectivity index (χ2v) is 4.53. The molecule has 2 nitrogen and oxygen atoms in total. The Kier molecular flexibility index (Phi) is 5.95. The molecule has 0 aliphatic rings. The van der Waals surface area contributed by atoms with Crippen molar-refractivity contribution in [2.45, 2.75) is 6.29 Å². The quantitative estimate of drug-likeness (QED) is 0.513. The Labute approximate surface area is 126 Å². The number of ether oxygens (including phenoxy) is 2. The molecule has 0 bridgehead atoms. The van der Waals surface area contributed by atoms with Crippen LogP contribution in [0.4, 0.5) is 0 Å². The minimum Gasteiger partial charge on any atom is -0.344 e. The molecule has 0 aromatic heterocycles. The smallest absolute Gasteiger partial charge is 0.185 e. The molecule has 0 unspecified atom stereocenters. The van der Waals surface area contributed by atoms with Gasteiger partial charge in [-0.3, -0.25) is 0 Å². The molecular weight excluding hydrogens is 260 g/mol. The van der Waals surface area contributed by atoms with Crippen LogP contribution in [0.1, 0.15) is 11.9 Å². The maximum Gasteiger partial charge on any atom is 0.185 e. The summed E-state index contributed by atoms with van der Waals surface area (Å²) < 4.78 is 11.5. The molecule has 108 valence electrons. The SMILES string of the molecule is C=CCOC(OCC=C)c1ccccc1-c1ccccc1. The van der Waals surface area contributed by atoms with Crippen LogP contribution in [0.2, 0.25) is 0 Å². The Bertz CT molecular complexity index is 563. The van der Waals surface area contributed by atoms with E-state index in [1.807, 2.05) is 36.4 Å². The molecule has 2 aromatic rings. The van der Waals surface area contributed by atoms with Gasteiger partial charge in [-0.15, -0.1) is 13.2 Å². The standard InChI is InChI=1S/C19H20O2/c1-3-14-20-19(21-15-4-2)18-13-9-8-12-17(18)16-10-6-5-7-11-16/h3-13,19H,1-2,14-15H2. The Balaban J connectivity index is 2.35. The van der Waals surface area contributed by atoms with Crippen molar-refractivity contribution in [2.24, 2.45) is 0 Å².